The van der Waals surface area contributed by atoms with Crippen LogP contribution >= 0.6 is 0 Å². The van der Waals surface area contributed by atoms with E-state index in [0.29, 0.717) is 13.1 Å². The van der Waals surface area contributed by atoms with E-state index in [2.05, 4.69) is 5.32 Å². The Bertz CT molecular complexity index is 299. The first-order valence-corrected chi connectivity index (χ1v) is 6.18. The molecule has 0 aliphatic carbocycles. The highest BCUT2D eigenvalue weighted by Crippen LogP contribution is 1.91. The lowest BCUT2D eigenvalue weighted by molar-refractivity contribution is -0.126. The van der Waals surface area contributed by atoms with Crippen molar-refractivity contribution in [3.05, 3.63) is 12.2 Å². The summed E-state index contributed by atoms with van der Waals surface area (Å²) in [6.45, 7) is 5.43. The number of nitrogens with zero attached hydrogens (tertiary/aromatic N) is 2. The van der Waals surface area contributed by atoms with E-state index >= 15 is 0 Å². The van der Waals surface area contributed by atoms with Crippen LogP contribution in [0.15, 0.2) is 12.2 Å². The van der Waals surface area contributed by atoms with Crippen molar-refractivity contribution in [3.63, 3.8) is 0 Å². The molecule has 0 spiro atoms. The first-order valence-electron chi connectivity index (χ1n) is 6.18. The van der Waals surface area contributed by atoms with Gasteiger partial charge in [-0.2, -0.15) is 0 Å². The van der Waals surface area contributed by atoms with Crippen molar-refractivity contribution in [3.8, 4) is 0 Å². The van der Waals surface area contributed by atoms with Gasteiger partial charge in [0.25, 0.3) is 0 Å². The minimum Gasteiger partial charge on any atom is -0.354 e. The molecule has 1 N–H and O–H groups in total. The molecule has 2 amide bonds. The maximum atomic E-state index is 11.6. The minimum atomic E-state index is -0.0457. The van der Waals surface area contributed by atoms with Gasteiger partial charge in [-0.1, -0.05) is 19.9 Å². The van der Waals surface area contributed by atoms with Crippen LogP contribution in [-0.4, -0.2) is 62.4 Å². The van der Waals surface area contributed by atoms with E-state index in [4.69, 9.17) is 0 Å². The van der Waals surface area contributed by atoms with Gasteiger partial charge in [0.2, 0.25) is 11.8 Å². The predicted molar refractivity (Wildman–Crippen MR) is 73.2 cm³/mol. The summed E-state index contributed by atoms with van der Waals surface area (Å²) in [6, 6.07) is 0. The summed E-state index contributed by atoms with van der Waals surface area (Å²) in [5.74, 6) is -0.0550. The lowest BCUT2D eigenvalue weighted by atomic mass is 10.2. The van der Waals surface area contributed by atoms with E-state index in [9.17, 15) is 9.59 Å². The van der Waals surface area contributed by atoms with E-state index < -0.39 is 0 Å². The van der Waals surface area contributed by atoms with Crippen molar-refractivity contribution in [1.82, 2.24) is 15.1 Å². The molecule has 0 aromatic carbocycles. The van der Waals surface area contributed by atoms with Gasteiger partial charge in [0, 0.05) is 38.7 Å². The molecule has 0 aliphatic rings. The highest BCUT2D eigenvalue weighted by molar-refractivity contribution is 5.87. The summed E-state index contributed by atoms with van der Waals surface area (Å²) in [4.78, 5) is 26.5. The van der Waals surface area contributed by atoms with Gasteiger partial charge in [-0.3, -0.25) is 9.59 Å². The Morgan fingerprint density at radius 2 is 1.83 bits per heavy atom. The lowest BCUT2D eigenvalue weighted by Crippen LogP contribution is -2.37. The molecule has 0 aromatic rings. The molecule has 18 heavy (non-hydrogen) atoms. The van der Waals surface area contributed by atoms with E-state index in [1.165, 1.54) is 0 Å². The fourth-order valence-corrected chi connectivity index (χ4v) is 1.15. The topological polar surface area (TPSA) is 52.7 Å². The molecule has 0 unspecified atom stereocenters. The minimum absolute atomic E-state index is 0.0130. The third-order valence-electron chi connectivity index (χ3n) is 2.38. The molecule has 5 heteroatoms. The van der Waals surface area contributed by atoms with Crippen LogP contribution in [0.25, 0.3) is 0 Å². The monoisotopic (exact) mass is 255 g/mol. The lowest BCUT2D eigenvalue weighted by Gasteiger charge is -2.16. The third kappa shape index (κ3) is 7.84. The SMILES string of the molecule is CC(C)C(=O)NCCN(C)C(=O)/C=C/CN(C)C. The van der Waals surface area contributed by atoms with Crippen LogP contribution in [0, 0.1) is 5.92 Å². The largest absolute Gasteiger partial charge is 0.354 e. The molecule has 0 bridgehead atoms. The Kier molecular flexibility index (Phi) is 8.03. The number of hydrogen-bond acceptors (Lipinski definition) is 3. The average molecular weight is 255 g/mol. The number of likely N-dealkylation sites (N-methyl/N-ethyl adjacent to an activating group) is 2. The van der Waals surface area contributed by atoms with Crippen molar-refractivity contribution < 1.29 is 9.59 Å². The van der Waals surface area contributed by atoms with Gasteiger partial charge in [0.1, 0.15) is 0 Å². The predicted octanol–water partition coefficient (Wildman–Crippen LogP) is 0.335. The molecule has 5 nitrogen and oxygen atoms in total. The number of amides is 2. The molecule has 0 radical (unpaired) electrons. The fourth-order valence-electron chi connectivity index (χ4n) is 1.15. The fraction of sp³-hybridized carbons (Fsp3) is 0.692. The molecule has 0 saturated carbocycles. The van der Waals surface area contributed by atoms with Gasteiger partial charge < -0.3 is 15.1 Å². The molecule has 104 valence electrons. The first-order chi connectivity index (χ1) is 8.34. The Labute approximate surface area is 110 Å². The van der Waals surface area contributed by atoms with Crippen LogP contribution in [-0.2, 0) is 9.59 Å². The van der Waals surface area contributed by atoms with Crippen molar-refractivity contribution in [2.45, 2.75) is 13.8 Å². The number of carbonyl (C=O) groups excluding carboxylic acids is 2. The van der Waals surface area contributed by atoms with Crippen LogP contribution in [0.4, 0.5) is 0 Å². The van der Waals surface area contributed by atoms with Crippen molar-refractivity contribution in [2.75, 3.05) is 40.8 Å². The molecule has 0 saturated heterocycles. The average Bonchev–Trinajstić information content (AvgIpc) is 2.27. The highest BCUT2D eigenvalue weighted by Gasteiger charge is 2.08. The number of carbonyl (C=O) groups is 2. The van der Waals surface area contributed by atoms with Gasteiger partial charge in [0.05, 0.1) is 0 Å². The quantitative estimate of drug-likeness (QED) is 0.667. The van der Waals surface area contributed by atoms with Crippen molar-refractivity contribution in [2.24, 2.45) is 5.92 Å². The maximum absolute atomic E-state index is 11.6. The van der Waals surface area contributed by atoms with E-state index in [1.54, 1.807) is 18.0 Å². The second kappa shape index (κ2) is 8.69. The smallest absolute Gasteiger partial charge is 0.246 e. The highest BCUT2D eigenvalue weighted by atomic mass is 16.2. The zero-order valence-corrected chi connectivity index (χ0v) is 12.1. The Hall–Kier alpha value is -1.36. The molecule has 0 fully saturated rings. The first kappa shape index (κ1) is 16.6. The molecular weight excluding hydrogens is 230 g/mol. The molecule has 0 rings (SSSR count). The second-order valence-corrected chi connectivity index (χ2v) is 4.87. The van der Waals surface area contributed by atoms with Crippen molar-refractivity contribution in [1.29, 1.82) is 0 Å². The maximum Gasteiger partial charge on any atom is 0.246 e. The van der Waals surface area contributed by atoms with E-state index in [0.717, 1.165) is 6.54 Å². The summed E-state index contributed by atoms with van der Waals surface area (Å²) in [5, 5.41) is 2.78. The molecule has 0 heterocycles. The molecule has 0 aromatic heterocycles. The second-order valence-electron chi connectivity index (χ2n) is 4.87. The third-order valence-corrected chi connectivity index (χ3v) is 2.38. The van der Waals surface area contributed by atoms with Gasteiger partial charge >= 0.3 is 0 Å². The summed E-state index contributed by atoms with van der Waals surface area (Å²) in [7, 11) is 5.61. The van der Waals surface area contributed by atoms with Gasteiger partial charge in [0.15, 0.2) is 0 Å². The van der Waals surface area contributed by atoms with E-state index in [1.807, 2.05) is 38.9 Å². The summed E-state index contributed by atoms with van der Waals surface area (Å²) in [5.41, 5.74) is 0. The van der Waals surface area contributed by atoms with Crippen LogP contribution < -0.4 is 5.32 Å². The Morgan fingerprint density at radius 3 is 2.33 bits per heavy atom. The normalized spacial score (nSPS) is 11.3. The van der Waals surface area contributed by atoms with E-state index in [-0.39, 0.29) is 17.7 Å². The van der Waals surface area contributed by atoms with Crippen LogP contribution in [0.5, 0.6) is 0 Å². The van der Waals surface area contributed by atoms with Crippen LogP contribution in [0.3, 0.4) is 0 Å². The zero-order chi connectivity index (χ0) is 14.1. The summed E-state index contributed by atoms with van der Waals surface area (Å²) >= 11 is 0. The molecule has 0 aliphatic heterocycles. The molecule has 0 atom stereocenters. The van der Waals surface area contributed by atoms with Gasteiger partial charge in [-0.15, -0.1) is 0 Å². The summed E-state index contributed by atoms with van der Waals surface area (Å²) < 4.78 is 0. The zero-order valence-electron chi connectivity index (χ0n) is 12.1. The number of hydrogen-bond donors (Lipinski definition) is 1. The number of nitrogens with one attached hydrogen (secondary N) is 1. The Balaban J connectivity index is 3.88. The van der Waals surface area contributed by atoms with Crippen LogP contribution in [0.2, 0.25) is 0 Å². The van der Waals surface area contributed by atoms with Gasteiger partial charge in [-0.25, -0.2) is 0 Å². The number of rotatable bonds is 7. The standard InChI is InChI=1S/C13H25N3O2/c1-11(2)13(18)14-8-10-16(5)12(17)7-6-9-15(3)4/h6-7,11H,8-10H2,1-5H3,(H,14,18)/b7-6+. The molecular formula is C13H25N3O2. The van der Waals surface area contributed by atoms with Crippen LogP contribution in [0.1, 0.15) is 13.8 Å². The van der Waals surface area contributed by atoms with Gasteiger partial charge in [-0.05, 0) is 14.1 Å². The Morgan fingerprint density at radius 1 is 1.22 bits per heavy atom. The van der Waals surface area contributed by atoms with Crippen molar-refractivity contribution >= 4 is 11.8 Å². The summed E-state index contributed by atoms with van der Waals surface area (Å²) in [6.07, 6.45) is 3.38.